The molecule has 3 heterocycles. The largest absolute Gasteiger partial charge is 0.480 e. The molecular formula is C22H18N2O5S. The van der Waals surface area contributed by atoms with Gasteiger partial charge in [0.1, 0.15) is 12.1 Å². The second kappa shape index (κ2) is 6.98. The highest BCUT2D eigenvalue weighted by atomic mass is 32.2. The highest BCUT2D eigenvalue weighted by Gasteiger charge is 2.50. The van der Waals surface area contributed by atoms with Crippen LogP contribution >= 0.6 is 11.8 Å². The summed E-state index contributed by atoms with van der Waals surface area (Å²) in [5.41, 5.74) is 2.27. The number of carbonyl (C=O) groups is 4. The summed E-state index contributed by atoms with van der Waals surface area (Å²) < 4.78 is 0. The number of fused-ring (bicyclic) bond motifs is 4. The lowest BCUT2D eigenvalue weighted by Crippen LogP contribution is -2.58. The highest BCUT2D eigenvalue weighted by molar-refractivity contribution is 7.99. The Labute approximate surface area is 176 Å². The summed E-state index contributed by atoms with van der Waals surface area (Å²) in [5, 5.41) is 9.78. The molecule has 30 heavy (non-hydrogen) atoms. The number of carboxylic acids is 1. The monoisotopic (exact) mass is 422 g/mol. The summed E-state index contributed by atoms with van der Waals surface area (Å²) in [6.07, 6.45) is 0.171. The summed E-state index contributed by atoms with van der Waals surface area (Å²) in [5.74, 6) is -1.75. The Hall–Kier alpha value is -3.13. The molecule has 0 unspecified atom stereocenters. The second-order valence-corrected chi connectivity index (χ2v) is 8.67. The van der Waals surface area contributed by atoms with Gasteiger partial charge < -0.3 is 10.0 Å². The third-order valence-electron chi connectivity index (χ3n) is 6.01. The first kappa shape index (κ1) is 18.9. The van der Waals surface area contributed by atoms with Crippen LogP contribution in [0.2, 0.25) is 0 Å². The smallest absolute Gasteiger partial charge is 0.327 e. The molecule has 0 bridgehead atoms. The van der Waals surface area contributed by atoms with Gasteiger partial charge in [-0.05, 0) is 23.3 Å². The maximum absolute atomic E-state index is 13.7. The van der Waals surface area contributed by atoms with Gasteiger partial charge in [0, 0.05) is 17.9 Å². The first-order valence-corrected chi connectivity index (χ1v) is 10.8. The van der Waals surface area contributed by atoms with Crippen LogP contribution in [0.3, 0.4) is 0 Å². The van der Waals surface area contributed by atoms with E-state index < -0.39 is 41.8 Å². The summed E-state index contributed by atoms with van der Waals surface area (Å²) in [4.78, 5) is 54.2. The van der Waals surface area contributed by atoms with E-state index in [9.17, 15) is 24.3 Å². The van der Waals surface area contributed by atoms with E-state index in [0.717, 1.165) is 16.0 Å². The summed E-state index contributed by atoms with van der Waals surface area (Å²) >= 11 is 1.49. The number of carboxylic acid groups (broad SMARTS) is 1. The molecule has 3 atom stereocenters. The van der Waals surface area contributed by atoms with Crippen molar-refractivity contribution in [3.05, 3.63) is 70.8 Å². The predicted molar refractivity (Wildman–Crippen MR) is 109 cm³/mol. The second-order valence-electron chi connectivity index (χ2n) is 7.60. The van der Waals surface area contributed by atoms with Crippen LogP contribution in [0, 0.1) is 0 Å². The third kappa shape index (κ3) is 2.67. The molecule has 3 aliphatic heterocycles. The zero-order chi connectivity index (χ0) is 21.0. The van der Waals surface area contributed by atoms with Crippen LogP contribution in [0.4, 0.5) is 0 Å². The van der Waals surface area contributed by atoms with Gasteiger partial charge in [0.25, 0.3) is 11.8 Å². The maximum atomic E-state index is 13.7. The van der Waals surface area contributed by atoms with Gasteiger partial charge in [-0.2, -0.15) is 11.8 Å². The molecule has 8 heteroatoms. The number of aliphatic carboxylic acids is 1. The van der Waals surface area contributed by atoms with Crippen LogP contribution in [0.1, 0.15) is 37.9 Å². The molecule has 2 aromatic carbocycles. The first-order chi connectivity index (χ1) is 14.5. The van der Waals surface area contributed by atoms with Gasteiger partial charge in [-0.1, -0.05) is 36.4 Å². The van der Waals surface area contributed by atoms with Gasteiger partial charge in [-0.25, -0.2) is 4.79 Å². The number of imide groups is 1. The number of benzene rings is 2. The molecule has 2 aromatic rings. The normalized spacial score (nSPS) is 25.5. The molecule has 1 N–H and O–H groups in total. The average Bonchev–Trinajstić information content (AvgIpc) is 2.93. The summed E-state index contributed by atoms with van der Waals surface area (Å²) in [7, 11) is 0. The van der Waals surface area contributed by atoms with Crippen LogP contribution in [0.15, 0.2) is 48.5 Å². The molecule has 7 nitrogen and oxygen atoms in total. The van der Waals surface area contributed by atoms with E-state index in [1.165, 1.54) is 16.7 Å². The van der Waals surface area contributed by atoms with Crippen LogP contribution in [0.25, 0.3) is 0 Å². The van der Waals surface area contributed by atoms with Crippen LogP contribution < -0.4 is 0 Å². The molecule has 0 aliphatic carbocycles. The lowest BCUT2D eigenvalue weighted by atomic mass is 9.97. The topological polar surface area (TPSA) is 95.0 Å². The highest BCUT2D eigenvalue weighted by Crippen LogP contribution is 2.40. The zero-order valence-electron chi connectivity index (χ0n) is 15.9. The van der Waals surface area contributed by atoms with E-state index >= 15 is 0 Å². The van der Waals surface area contributed by atoms with Gasteiger partial charge in [0.15, 0.2) is 0 Å². The molecular weight excluding hydrogens is 404 g/mol. The quantitative estimate of drug-likeness (QED) is 0.744. The minimum absolute atomic E-state index is 0.171. The number of thioether (sulfide) groups is 1. The molecule has 5 rings (SSSR count). The zero-order valence-corrected chi connectivity index (χ0v) is 16.7. The number of rotatable bonds is 2. The minimum atomic E-state index is -1.08. The van der Waals surface area contributed by atoms with Crippen molar-refractivity contribution in [1.82, 2.24) is 9.80 Å². The Morgan fingerprint density at radius 3 is 2.20 bits per heavy atom. The Morgan fingerprint density at radius 1 is 0.900 bits per heavy atom. The van der Waals surface area contributed by atoms with E-state index in [-0.39, 0.29) is 23.3 Å². The van der Waals surface area contributed by atoms with Gasteiger partial charge in [0.2, 0.25) is 5.91 Å². The van der Waals surface area contributed by atoms with Crippen molar-refractivity contribution in [2.75, 3.05) is 11.5 Å². The molecule has 0 spiro atoms. The number of hydrogen-bond acceptors (Lipinski definition) is 5. The fourth-order valence-corrected chi connectivity index (χ4v) is 5.84. The van der Waals surface area contributed by atoms with Crippen molar-refractivity contribution in [2.24, 2.45) is 0 Å². The van der Waals surface area contributed by atoms with E-state index in [4.69, 9.17) is 0 Å². The fourth-order valence-electron chi connectivity index (χ4n) is 4.61. The Balaban J connectivity index is 1.64. The molecule has 3 aliphatic rings. The molecule has 0 aromatic heterocycles. The summed E-state index contributed by atoms with van der Waals surface area (Å²) in [6.45, 7) is 0. The molecule has 1 saturated heterocycles. The SMILES string of the molecule is O=C(O)[C@H]1CSC[C@H]2c3ccccc3C[C@@H](N3C(=O)c4ccccc4C3=O)C(=O)N12. The van der Waals surface area contributed by atoms with Crippen molar-refractivity contribution in [3.8, 4) is 0 Å². The third-order valence-corrected chi connectivity index (χ3v) is 7.11. The van der Waals surface area contributed by atoms with E-state index in [0.29, 0.717) is 5.75 Å². The molecule has 1 fully saturated rings. The van der Waals surface area contributed by atoms with Gasteiger partial charge >= 0.3 is 5.97 Å². The van der Waals surface area contributed by atoms with Gasteiger partial charge in [-0.3, -0.25) is 19.3 Å². The lowest BCUT2D eigenvalue weighted by Gasteiger charge is -2.41. The van der Waals surface area contributed by atoms with E-state index in [1.54, 1.807) is 24.3 Å². The minimum Gasteiger partial charge on any atom is -0.480 e. The Kier molecular flexibility index (Phi) is 4.39. The Morgan fingerprint density at radius 2 is 1.53 bits per heavy atom. The van der Waals surface area contributed by atoms with Crippen molar-refractivity contribution in [1.29, 1.82) is 0 Å². The molecule has 3 amide bonds. The lowest BCUT2D eigenvalue weighted by molar-refractivity contribution is -0.153. The van der Waals surface area contributed by atoms with Crippen molar-refractivity contribution in [3.63, 3.8) is 0 Å². The van der Waals surface area contributed by atoms with Crippen molar-refractivity contribution >= 4 is 35.5 Å². The molecule has 0 saturated carbocycles. The van der Waals surface area contributed by atoms with Crippen molar-refractivity contribution in [2.45, 2.75) is 24.5 Å². The fraction of sp³-hybridized carbons (Fsp3) is 0.273. The van der Waals surface area contributed by atoms with E-state index in [1.807, 2.05) is 24.3 Å². The van der Waals surface area contributed by atoms with Crippen LogP contribution in [-0.4, -0.2) is 62.2 Å². The number of amides is 3. The number of nitrogens with zero attached hydrogens (tertiary/aromatic N) is 2. The molecule has 152 valence electrons. The van der Waals surface area contributed by atoms with E-state index in [2.05, 4.69) is 0 Å². The van der Waals surface area contributed by atoms with Gasteiger partial charge in [0.05, 0.1) is 17.2 Å². The van der Waals surface area contributed by atoms with Crippen molar-refractivity contribution < 1.29 is 24.3 Å². The van der Waals surface area contributed by atoms with Gasteiger partial charge in [-0.15, -0.1) is 0 Å². The molecule has 0 radical (unpaired) electrons. The first-order valence-electron chi connectivity index (χ1n) is 9.66. The number of hydrogen-bond donors (Lipinski definition) is 1. The van der Waals surface area contributed by atoms with Crippen LogP contribution in [0.5, 0.6) is 0 Å². The van der Waals surface area contributed by atoms with Crippen LogP contribution in [-0.2, 0) is 16.0 Å². The number of carbonyl (C=O) groups excluding carboxylic acids is 3. The maximum Gasteiger partial charge on any atom is 0.327 e. The standard InChI is InChI=1S/C22H18N2O5S/c25-19-14-7-3-4-8-15(14)20(26)24(19)16-9-12-5-1-2-6-13(12)17-10-30-11-18(22(28)29)23(17)21(16)27/h1-8,16-18H,9-11H2,(H,28,29)/t16-,17+,18-/m1/s1. The summed E-state index contributed by atoms with van der Waals surface area (Å²) in [6, 6.07) is 11.5. The predicted octanol–water partition coefficient (Wildman–Crippen LogP) is 1.98. The Bertz CT molecular complexity index is 1070. The average molecular weight is 422 g/mol.